The van der Waals surface area contributed by atoms with Crippen LogP contribution >= 0.6 is 12.2 Å². The molecule has 2 aromatic rings. The normalized spacial score (nSPS) is 11.6. The van der Waals surface area contributed by atoms with Crippen LogP contribution in [-0.2, 0) is 5.54 Å². The zero-order valence-electron chi connectivity index (χ0n) is 9.53. The van der Waals surface area contributed by atoms with Gasteiger partial charge in [-0.05, 0) is 45.1 Å². The summed E-state index contributed by atoms with van der Waals surface area (Å²) in [6.07, 6.45) is 0. The highest BCUT2D eigenvalue weighted by Gasteiger charge is 2.18. The maximum absolute atomic E-state index is 9.03. The van der Waals surface area contributed by atoms with Crippen molar-refractivity contribution >= 4 is 23.3 Å². The Labute approximate surface area is 99.3 Å². The topological polar surface area (TPSA) is 44.5 Å². The van der Waals surface area contributed by atoms with Gasteiger partial charge in [0.05, 0.1) is 16.6 Å². The number of nitrogens with zero attached hydrogens (tertiary/aromatic N) is 2. The van der Waals surface area contributed by atoms with E-state index in [1.54, 1.807) is 6.07 Å². The third kappa shape index (κ3) is 1.54. The minimum atomic E-state index is -0.0938. The Balaban J connectivity index is 2.94. The molecule has 1 N–H and O–H groups in total. The number of nitrogens with one attached hydrogen (secondary N) is 1. The predicted molar refractivity (Wildman–Crippen MR) is 66.8 cm³/mol. The Morgan fingerprint density at radius 1 is 1.38 bits per heavy atom. The van der Waals surface area contributed by atoms with Gasteiger partial charge < -0.3 is 9.55 Å². The fraction of sp³-hybridized carbons (Fsp3) is 0.333. The van der Waals surface area contributed by atoms with Gasteiger partial charge in [0, 0.05) is 5.54 Å². The molecule has 0 atom stereocenters. The van der Waals surface area contributed by atoms with E-state index in [9.17, 15) is 0 Å². The molecule has 3 nitrogen and oxygen atoms in total. The minimum Gasteiger partial charge on any atom is -0.329 e. The molecule has 82 valence electrons. The zero-order chi connectivity index (χ0) is 11.9. The van der Waals surface area contributed by atoms with Crippen LogP contribution < -0.4 is 0 Å². The number of H-pyrrole nitrogens is 1. The van der Waals surface area contributed by atoms with Crippen LogP contribution in [0.2, 0.25) is 0 Å². The van der Waals surface area contributed by atoms with Crippen LogP contribution in [0.4, 0.5) is 0 Å². The maximum atomic E-state index is 9.03. The van der Waals surface area contributed by atoms with Crippen LogP contribution in [0.15, 0.2) is 18.2 Å². The summed E-state index contributed by atoms with van der Waals surface area (Å²) < 4.78 is 2.70. The first kappa shape index (κ1) is 10.9. The van der Waals surface area contributed by atoms with E-state index in [0.29, 0.717) is 10.3 Å². The van der Waals surface area contributed by atoms with E-state index in [4.69, 9.17) is 17.5 Å². The molecule has 0 amide bonds. The van der Waals surface area contributed by atoms with Crippen molar-refractivity contribution < 1.29 is 0 Å². The standard InChI is InChI=1S/C12H13N3S/c1-12(2,3)15-9-6-4-5-8(7-13)10(9)14-11(15)16/h4-6H,1-3H3,(H,14,16). The lowest BCUT2D eigenvalue weighted by Gasteiger charge is -2.21. The van der Waals surface area contributed by atoms with Gasteiger partial charge in [-0.25, -0.2) is 0 Å². The number of para-hydroxylation sites is 1. The molecule has 1 aromatic heterocycles. The highest BCUT2D eigenvalue weighted by atomic mass is 32.1. The highest BCUT2D eigenvalue weighted by Crippen LogP contribution is 2.24. The van der Waals surface area contributed by atoms with Crippen LogP contribution in [-0.4, -0.2) is 9.55 Å². The number of imidazole rings is 1. The lowest BCUT2D eigenvalue weighted by Crippen LogP contribution is -2.21. The van der Waals surface area contributed by atoms with E-state index in [2.05, 4.69) is 31.8 Å². The fourth-order valence-corrected chi connectivity index (χ4v) is 2.36. The molecule has 0 fully saturated rings. The number of hydrogen-bond acceptors (Lipinski definition) is 2. The van der Waals surface area contributed by atoms with Gasteiger partial charge in [-0.15, -0.1) is 0 Å². The molecule has 1 heterocycles. The third-order valence-corrected chi connectivity index (χ3v) is 2.79. The Morgan fingerprint density at radius 2 is 2.06 bits per heavy atom. The summed E-state index contributed by atoms with van der Waals surface area (Å²) in [6.45, 7) is 6.28. The monoisotopic (exact) mass is 231 g/mol. The van der Waals surface area contributed by atoms with E-state index in [1.165, 1.54) is 0 Å². The molecule has 0 spiro atoms. The molecule has 0 aliphatic heterocycles. The van der Waals surface area contributed by atoms with E-state index < -0.39 is 0 Å². The molecular weight excluding hydrogens is 218 g/mol. The van der Waals surface area contributed by atoms with Gasteiger partial charge in [-0.1, -0.05) is 6.07 Å². The smallest absolute Gasteiger partial charge is 0.178 e. The second kappa shape index (κ2) is 3.46. The van der Waals surface area contributed by atoms with Crippen LogP contribution in [0.5, 0.6) is 0 Å². The molecule has 0 saturated carbocycles. The minimum absolute atomic E-state index is 0.0938. The second-order valence-electron chi connectivity index (χ2n) is 4.75. The van der Waals surface area contributed by atoms with Gasteiger partial charge >= 0.3 is 0 Å². The fourth-order valence-electron chi connectivity index (χ4n) is 1.89. The molecule has 0 aliphatic carbocycles. The molecule has 0 aliphatic rings. The number of aromatic amines is 1. The summed E-state index contributed by atoms with van der Waals surface area (Å²) in [7, 11) is 0. The molecular formula is C12H13N3S. The third-order valence-electron chi connectivity index (χ3n) is 2.51. The summed E-state index contributed by atoms with van der Waals surface area (Å²) in [4.78, 5) is 3.11. The molecule has 4 heteroatoms. The first-order chi connectivity index (χ1) is 7.45. The van der Waals surface area contributed by atoms with Gasteiger partial charge in [0.25, 0.3) is 0 Å². The van der Waals surface area contributed by atoms with Crippen molar-refractivity contribution in [2.24, 2.45) is 0 Å². The summed E-state index contributed by atoms with van der Waals surface area (Å²) in [5.74, 6) is 0. The Morgan fingerprint density at radius 3 is 2.62 bits per heavy atom. The van der Waals surface area contributed by atoms with Crippen molar-refractivity contribution in [2.45, 2.75) is 26.3 Å². The lowest BCUT2D eigenvalue weighted by atomic mass is 10.1. The molecule has 0 radical (unpaired) electrons. The van der Waals surface area contributed by atoms with Crippen LogP contribution in [0.3, 0.4) is 0 Å². The second-order valence-corrected chi connectivity index (χ2v) is 5.13. The summed E-state index contributed by atoms with van der Waals surface area (Å²) in [6, 6.07) is 7.82. The predicted octanol–water partition coefficient (Wildman–Crippen LogP) is 3.33. The highest BCUT2D eigenvalue weighted by molar-refractivity contribution is 7.71. The zero-order valence-corrected chi connectivity index (χ0v) is 10.4. The summed E-state index contributed by atoms with van der Waals surface area (Å²) in [5.41, 5.74) is 2.34. The largest absolute Gasteiger partial charge is 0.329 e. The average molecular weight is 231 g/mol. The molecule has 16 heavy (non-hydrogen) atoms. The first-order valence-electron chi connectivity index (χ1n) is 5.09. The maximum Gasteiger partial charge on any atom is 0.178 e. The van der Waals surface area contributed by atoms with Crippen LogP contribution in [0.1, 0.15) is 26.3 Å². The Kier molecular flexibility index (Phi) is 2.36. The SMILES string of the molecule is CC(C)(C)n1c(=S)[nH]c2c(C#N)cccc21. The van der Waals surface area contributed by atoms with Gasteiger partial charge in [-0.2, -0.15) is 5.26 Å². The molecule has 0 saturated heterocycles. The van der Waals surface area contributed by atoms with Crippen molar-refractivity contribution in [2.75, 3.05) is 0 Å². The van der Waals surface area contributed by atoms with Crippen LogP contribution in [0.25, 0.3) is 11.0 Å². The number of fused-ring (bicyclic) bond motifs is 1. The van der Waals surface area contributed by atoms with Gasteiger partial charge in [-0.3, -0.25) is 0 Å². The Hall–Kier alpha value is -1.60. The number of hydrogen-bond donors (Lipinski definition) is 1. The molecule has 0 bridgehead atoms. The number of rotatable bonds is 0. The van der Waals surface area contributed by atoms with E-state index in [-0.39, 0.29) is 5.54 Å². The first-order valence-corrected chi connectivity index (χ1v) is 5.50. The lowest BCUT2D eigenvalue weighted by molar-refractivity contribution is 0.404. The average Bonchev–Trinajstić information content (AvgIpc) is 2.52. The van der Waals surface area contributed by atoms with Crippen molar-refractivity contribution in [3.8, 4) is 6.07 Å². The number of aromatic nitrogens is 2. The van der Waals surface area contributed by atoms with Gasteiger partial charge in [0.1, 0.15) is 6.07 Å². The van der Waals surface area contributed by atoms with Crippen molar-refractivity contribution in [1.82, 2.24) is 9.55 Å². The summed E-state index contributed by atoms with van der Waals surface area (Å²) >= 11 is 5.31. The van der Waals surface area contributed by atoms with E-state index in [1.807, 2.05) is 16.7 Å². The van der Waals surface area contributed by atoms with Crippen LogP contribution in [0, 0.1) is 16.1 Å². The van der Waals surface area contributed by atoms with Gasteiger partial charge in [0.15, 0.2) is 4.77 Å². The molecule has 1 aromatic carbocycles. The number of nitriles is 1. The molecule has 2 rings (SSSR count). The van der Waals surface area contributed by atoms with E-state index >= 15 is 0 Å². The van der Waals surface area contributed by atoms with Gasteiger partial charge in [0.2, 0.25) is 0 Å². The van der Waals surface area contributed by atoms with Crippen molar-refractivity contribution in [1.29, 1.82) is 5.26 Å². The summed E-state index contributed by atoms with van der Waals surface area (Å²) in [5, 5.41) is 9.03. The quantitative estimate of drug-likeness (QED) is 0.707. The van der Waals surface area contributed by atoms with Crippen molar-refractivity contribution in [3.05, 3.63) is 28.5 Å². The Bertz CT molecular complexity index is 635. The van der Waals surface area contributed by atoms with Crippen molar-refractivity contribution in [3.63, 3.8) is 0 Å². The number of benzene rings is 1. The van der Waals surface area contributed by atoms with E-state index in [0.717, 1.165) is 11.0 Å². The molecule has 0 unspecified atom stereocenters.